The molecule has 1 rings (SSSR count). The second kappa shape index (κ2) is 5.50. The lowest BCUT2D eigenvalue weighted by molar-refractivity contribution is -0.128. The van der Waals surface area contributed by atoms with Crippen LogP contribution in [-0.2, 0) is 4.79 Å². The summed E-state index contributed by atoms with van der Waals surface area (Å²) in [7, 11) is 0. The van der Waals surface area contributed by atoms with Gasteiger partial charge in [0.2, 0.25) is 5.91 Å². The third-order valence-electron chi connectivity index (χ3n) is 2.11. The molecule has 0 spiro atoms. The minimum Gasteiger partial charge on any atom is -0.393 e. The van der Waals surface area contributed by atoms with Crippen LogP contribution in [-0.4, -0.2) is 46.6 Å². The lowest BCUT2D eigenvalue weighted by atomic mass is 10.2. The fourth-order valence-electron chi connectivity index (χ4n) is 1.31. The number of rotatable bonds is 3. The van der Waals surface area contributed by atoms with Crippen LogP contribution in [0.15, 0.2) is 0 Å². The van der Waals surface area contributed by atoms with Crippen LogP contribution >= 0.6 is 11.8 Å². The molecule has 13 heavy (non-hydrogen) atoms. The molecule has 76 valence electrons. The van der Waals surface area contributed by atoms with Crippen molar-refractivity contribution in [1.82, 2.24) is 4.90 Å². The quantitative estimate of drug-likeness (QED) is 0.735. The van der Waals surface area contributed by atoms with E-state index in [9.17, 15) is 4.79 Å². The number of hydrogen-bond acceptors (Lipinski definition) is 3. The van der Waals surface area contributed by atoms with Crippen LogP contribution in [0.3, 0.4) is 0 Å². The first-order valence-electron chi connectivity index (χ1n) is 4.73. The molecule has 0 aliphatic carbocycles. The number of aliphatic hydroxyl groups is 1. The summed E-state index contributed by atoms with van der Waals surface area (Å²) >= 11 is 1.71. The van der Waals surface area contributed by atoms with E-state index >= 15 is 0 Å². The van der Waals surface area contributed by atoms with Gasteiger partial charge in [-0.3, -0.25) is 4.79 Å². The van der Waals surface area contributed by atoms with E-state index < -0.39 is 0 Å². The van der Waals surface area contributed by atoms with Crippen LogP contribution in [0, 0.1) is 0 Å². The van der Waals surface area contributed by atoms with Gasteiger partial charge in [-0.2, -0.15) is 11.8 Å². The topological polar surface area (TPSA) is 40.5 Å². The third kappa shape index (κ3) is 4.00. The second-order valence-corrected chi connectivity index (χ2v) is 4.53. The Bertz CT molecular complexity index is 173. The molecule has 1 aliphatic rings. The number of carbonyl (C=O) groups is 1. The zero-order valence-corrected chi connectivity index (χ0v) is 8.85. The monoisotopic (exact) mass is 203 g/mol. The number of carbonyl (C=O) groups excluding carboxylic acids is 1. The molecule has 1 N–H and O–H groups in total. The van der Waals surface area contributed by atoms with E-state index in [1.54, 1.807) is 18.7 Å². The third-order valence-corrected chi connectivity index (χ3v) is 3.14. The standard InChI is InChI=1S/C9H17NO2S/c1-8(11)3-5-10-4-2-6-13-7-9(10)12/h8,11H,2-7H2,1H3. The van der Waals surface area contributed by atoms with E-state index in [-0.39, 0.29) is 12.0 Å². The first kappa shape index (κ1) is 10.9. The summed E-state index contributed by atoms with van der Waals surface area (Å²) in [4.78, 5) is 13.3. The number of amides is 1. The van der Waals surface area contributed by atoms with E-state index in [4.69, 9.17) is 5.11 Å². The van der Waals surface area contributed by atoms with Gasteiger partial charge in [0.15, 0.2) is 0 Å². The Labute approximate surface area is 83.5 Å². The summed E-state index contributed by atoms with van der Waals surface area (Å²) in [5, 5.41) is 9.10. The predicted molar refractivity (Wildman–Crippen MR) is 54.8 cm³/mol. The molecular formula is C9H17NO2S. The molecule has 1 aliphatic heterocycles. The van der Waals surface area contributed by atoms with Crippen LogP contribution in [0.5, 0.6) is 0 Å². The zero-order valence-electron chi connectivity index (χ0n) is 8.03. The van der Waals surface area contributed by atoms with Gasteiger partial charge in [-0.05, 0) is 25.5 Å². The van der Waals surface area contributed by atoms with Crippen molar-refractivity contribution < 1.29 is 9.90 Å². The minimum atomic E-state index is -0.302. The van der Waals surface area contributed by atoms with Gasteiger partial charge in [0.25, 0.3) is 0 Å². The fraction of sp³-hybridized carbons (Fsp3) is 0.889. The van der Waals surface area contributed by atoms with E-state index in [0.29, 0.717) is 18.7 Å². The van der Waals surface area contributed by atoms with Crippen molar-refractivity contribution in [3.05, 3.63) is 0 Å². The van der Waals surface area contributed by atoms with Crippen molar-refractivity contribution in [3.63, 3.8) is 0 Å². The van der Waals surface area contributed by atoms with Gasteiger partial charge < -0.3 is 10.0 Å². The van der Waals surface area contributed by atoms with Gasteiger partial charge in [-0.15, -0.1) is 0 Å². The van der Waals surface area contributed by atoms with Gasteiger partial charge in [0.05, 0.1) is 11.9 Å². The van der Waals surface area contributed by atoms with Crippen LogP contribution < -0.4 is 0 Å². The Kier molecular flexibility index (Phi) is 4.59. The summed E-state index contributed by atoms with van der Waals surface area (Å²) in [5.74, 6) is 1.92. The van der Waals surface area contributed by atoms with Gasteiger partial charge in [-0.1, -0.05) is 0 Å². The van der Waals surface area contributed by atoms with E-state index in [2.05, 4.69) is 0 Å². The molecule has 0 aromatic heterocycles. The fourth-order valence-corrected chi connectivity index (χ4v) is 2.15. The van der Waals surface area contributed by atoms with Crippen molar-refractivity contribution in [2.75, 3.05) is 24.6 Å². The van der Waals surface area contributed by atoms with Crippen LogP contribution in [0.4, 0.5) is 0 Å². The average molecular weight is 203 g/mol. The van der Waals surface area contributed by atoms with Gasteiger partial charge >= 0.3 is 0 Å². The highest BCUT2D eigenvalue weighted by molar-refractivity contribution is 7.99. The normalized spacial score (nSPS) is 21.4. The van der Waals surface area contributed by atoms with Crippen molar-refractivity contribution in [2.45, 2.75) is 25.9 Å². The van der Waals surface area contributed by atoms with Crippen LogP contribution in [0.25, 0.3) is 0 Å². The zero-order chi connectivity index (χ0) is 9.68. The Morgan fingerprint density at radius 1 is 1.69 bits per heavy atom. The highest BCUT2D eigenvalue weighted by atomic mass is 32.2. The molecule has 1 atom stereocenters. The van der Waals surface area contributed by atoms with E-state index in [1.165, 1.54) is 0 Å². The molecule has 0 aromatic carbocycles. The highest BCUT2D eigenvalue weighted by Gasteiger charge is 2.16. The maximum absolute atomic E-state index is 11.5. The van der Waals surface area contributed by atoms with Crippen molar-refractivity contribution in [3.8, 4) is 0 Å². The molecule has 0 bridgehead atoms. The summed E-state index contributed by atoms with van der Waals surface area (Å²) in [6.07, 6.45) is 1.47. The molecule has 1 amide bonds. The molecule has 1 heterocycles. The minimum absolute atomic E-state index is 0.225. The van der Waals surface area contributed by atoms with Crippen LogP contribution in [0.2, 0.25) is 0 Å². The van der Waals surface area contributed by atoms with Crippen molar-refractivity contribution >= 4 is 17.7 Å². The molecule has 0 saturated carbocycles. The van der Waals surface area contributed by atoms with E-state index in [0.717, 1.165) is 18.7 Å². The lowest BCUT2D eigenvalue weighted by Crippen LogP contribution is -2.34. The first-order chi connectivity index (χ1) is 6.20. The van der Waals surface area contributed by atoms with Crippen LogP contribution in [0.1, 0.15) is 19.8 Å². The second-order valence-electron chi connectivity index (χ2n) is 3.42. The average Bonchev–Trinajstić information content (AvgIpc) is 2.27. The molecule has 3 nitrogen and oxygen atoms in total. The van der Waals surface area contributed by atoms with Crippen molar-refractivity contribution in [1.29, 1.82) is 0 Å². The Morgan fingerprint density at radius 3 is 3.15 bits per heavy atom. The van der Waals surface area contributed by atoms with Gasteiger partial charge in [-0.25, -0.2) is 0 Å². The SMILES string of the molecule is CC(O)CCN1CCCSCC1=O. The smallest absolute Gasteiger partial charge is 0.232 e. The Morgan fingerprint density at radius 2 is 2.46 bits per heavy atom. The molecule has 4 heteroatoms. The first-order valence-corrected chi connectivity index (χ1v) is 5.89. The lowest BCUT2D eigenvalue weighted by Gasteiger charge is -2.20. The Balaban J connectivity index is 2.32. The number of aliphatic hydroxyl groups excluding tert-OH is 1. The number of nitrogens with zero attached hydrogens (tertiary/aromatic N) is 1. The summed E-state index contributed by atoms with van der Waals surface area (Å²) < 4.78 is 0. The summed E-state index contributed by atoms with van der Waals surface area (Å²) in [6.45, 7) is 3.33. The largest absolute Gasteiger partial charge is 0.393 e. The summed E-state index contributed by atoms with van der Waals surface area (Å²) in [5.41, 5.74) is 0. The highest BCUT2D eigenvalue weighted by Crippen LogP contribution is 2.11. The molecular weight excluding hydrogens is 186 g/mol. The maximum Gasteiger partial charge on any atom is 0.232 e. The molecule has 1 saturated heterocycles. The van der Waals surface area contributed by atoms with Gasteiger partial charge in [0.1, 0.15) is 0 Å². The van der Waals surface area contributed by atoms with Gasteiger partial charge in [0, 0.05) is 13.1 Å². The predicted octanol–water partition coefficient (Wildman–Crippen LogP) is 0.723. The molecule has 1 fully saturated rings. The maximum atomic E-state index is 11.5. The number of thioether (sulfide) groups is 1. The van der Waals surface area contributed by atoms with E-state index in [1.807, 2.05) is 4.90 Å². The van der Waals surface area contributed by atoms with Crippen molar-refractivity contribution in [2.24, 2.45) is 0 Å². The summed E-state index contributed by atoms with van der Waals surface area (Å²) in [6, 6.07) is 0. The Hall–Kier alpha value is -0.220. The number of hydrogen-bond donors (Lipinski definition) is 1. The molecule has 0 aromatic rings. The molecule has 1 unspecified atom stereocenters. The molecule has 0 radical (unpaired) electrons.